The van der Waals surface area contributed by atoms with E-state index in [0.717, 1.165) is 36.1 Å². The van der Waals surface area contributed by atoms with Crippen molar-refractivity contribution in [1.82, 2.24) is 9.97 Å². The number of hydrogen-bond donors (Lipinski definition) is 3. The van der Waals surface area contributed by atoms with Crippen molar-refractivity contribution in [3.05, 3.63) is 107 Å². The summed E-state index contributed by atoms with van der Waals surface area (Å²) in [4.78, 5) is 18.9. The number of anilines is 1. The minimum absolute atomic E-state index is 0.173. The summed E-state index contributed by atoms with van der Waals surface area (Å²) in [6.07, 6.45) is 5.05. The molecule has 0 fully saturated rings. The maximum atomic E-state index is 13.0. The summed E-state index contributed by atoms with van der Waals surface area (Å²) >= 11 is 17.4. The maximum absolute atomic E-state index is 13.0. The minimum atomic E-state index is -0.174. The van der Waals surface area contributed by atoms with Gasteiger partial charge in [-0.2, -0.15) is 0 Å². The predicted molar refractivity (Wildman–Crippen MR) is 129 cm³/mol. The van der Waals surface area contributed by atoms with Crippen molar-refractivity contribution in [3.63, 3.8) is 0 Å². The Bertz CT molecular complexity index is 1330. The Hall–Kier alpha value is -2.60. The molecule has 156 valence electrons. The van der Waals surface area contributed by atoms with Gasteiger partial charge >= 0.3 is 0 Å². The fraction of sp³-hybridized carbons (Fsp3) is 0.167. The Morgan fingerprint density at radius 2 is 1.61 bits per heavy atom. The maximum Gasteiger partial charge on any atom is 0.257 e. The number of aromatic nitrogens is 2. The van der Waals surface area contributed by atoms with Gasteiger partial charge in [-0.05, 0) is 84.1 Å². The zero-order valence-corrected chi connectivity index (χ0v) is 18.8. The molecule has 3 aromatic rings. The van der Waals surface area contributed by atoms with E-state index in [2.05, 4.69) is 21.4 Å². The van der Waals surface area contributed by atoms with Crippen molar-refractivity contribution in [2.45, 2.75) is 25.2 Å². The van der Waals surface area contributed by atoms with Gasteiger partial charge in [0.15, 0.2) is 4.77 Å². The second-order valence-corrected chi connectivity index (χ2v) is 9.06. The van der Waals surface area contributed by atoms with Crippen LogP contribution in [0.25, 0.3) is 6.08 Å². The SMILES string of the molecule is O=c1[nH]c(=S)[nH]c2c1C(c1ccc(Cl)cc1)C1=C(N2)/C(=C/c2ccc(Cl)cc2)CCC1. The number of nitrogens with one attached hydrogen (secondary N) is 3. The van der Waals surface area contributed by atoms with Gasteiger partial charge in [-0.3, -0.25) is 9.78 Å². The zero-order valence-electron chi connectivity index (χ0n) is 16.5. The number of benzene rings is 2. The molecule has 0 saturated carbocycles. The number of rotatable bonds is 2. The van der Waals surface area contributed by atoms with Gasteiger partial charge in [-0.15, -0.1) is 0 Å². The van der Waals surface area contributed by atoms with Crippen LogP contribution in [-0.4, -0.2) is 9.97 Å². The Balaban J connectivity index is 1.71. The lowest BCUT2D eigenvalue weighted by Crippen LogP contribution is -2.30. The van der Waals surface area contributed by atoms with Crippen molar-refractivity contribution in [1.29, 1.82) is 0 Å². The van der Waals surface area contributed by atoms with Gasteiger partial charge < -0.3 is 10.3 Å². The average Bonchev–Trinajstić information content (AvgIpc) is 2.75. The molecule has 1 aliphatic carbocycles. The van der Waals surface area contributed by atoms with Crippen LogP contribution in [0, 0.1) is 4.77 Å². The summed E-state index contributed by atoms with van der Waals surface area (Å²) in [6, 6.07) is 15.5. The summed E-state index contributed by atoms with van der Waals surface area (Å²) in [5.41, 5.74) is 6.06. The number of aromatic amines is 2. The van der Waals surface area contributed by atoms with Crippen molar-refractivity contribution < 1.29 is 0 Å². The first kappa shape index (κ1) is 20.3. The van der Waals surface area contributed by atoms with Gasteiger partial charge in [0.25, 0.3) is 5.56 Å². The minimum Gasteiger partial charge on any atom is -0.341 e. The van der Waals surface area contributed by atoms with E-state index in [0.29, 0.717) is 26.2 Å². The Kier molecular flexibility index (Phi) is 5.34. The molecule has 0 spiro atoms. The topological polar surface area (TPSA) is 60.7 Å². The van der Waals surface area contributed by atoms with Gasteiger partial charge in [0, 0.05) is 21.7 Å². The molecule has 5 rings (SSSR count). The molecule has 1 aliphatic heterocycles. The lowest BCUT2D eigenvalue weighted by molar-refractivity contribution is 0.699. The fourth-order valence-electron chi connectivity index (χ4n) is 4.47. The molecule has 1 atom stereocenters. The van der Waals surface area contributed by atoms with Crippen LogP contribution in [-0.2, 0) is 0 Å². The van der Waals surface area contributed by atoms with Crippen LogP contribution >= 0.6 is 35.4 Å². The Morgan fingerprint density at radius 1 is 0.935 bits per heavy atom. The van der Waals surface area contributed by atoms with E-state index in [-0.39, 0.29) is 11.5 Å². The molecule has 2 aromatic carbocycles. The summed E-state index contributed by atoms with van der Waals surface area (Å²) in [7, 11) is 0. The van der Waals surface area contributed by atoms with Crippen LogP contribution in [0.15, 0.2) is 70.2 Å². The van der Waals surface area contributed by atoms with Crippen molar-refractivity contribution in [3.8, 4) is 0 Å². The number of H-pyrrole nitrogens is 2. The molecule has 4 nitrogen and oxygen atoms in total. The smallest absolute Gasteiger partial charge is 0.257 e. The van der Waals surface area contributed by atoms with E-state index in [1.807, 2.05) is 48.5 Å². The van der Waals surface area contributed by atoms with Gasteiger partial charge in [0.1, 0.15) is 5.82 Å². The first-order chi connectivity index (χ1) is 15.0. The van der Waals surface area contributed by atoms with Crippen molar-refractivity contribution in [2.24, 2.45) is 0 Å². The highest BCUT2D eigenvalue weighted by atomic mass is 35.5. The summed E-state index contributed by atoms with van der Waals surface area (Å²) in [6.45, 7) is 0. The molecular weight excluding hydrogens is 449 g/mol. The lowest BCUT2D eigenvalue weighted by atomic mass is 9.75. The summed E-state index contributed by atoms with van der Waals surface area (Å²) in [5, 5.41) is 4.87. The van der Waals surface area contributed by atoms with Crippen molar-refractivity contribution in [2.75, 3.05) is 5.32 Å². The fourth-order valence-corrected chi connectivity index (χ4v) is 4.92. The molecule has 3 N–H and O–H groups in total. The first-order valence-electron chi connectivity index (χ1n) is 10.1. The van der Waals surface area contributed by atoms with Crippen LogP contribution in [0.2, 0.25) is 10.0 Å². The molecule has 7 heteroatoms. The van der Waals surface area contributed by atoms with Crippen LogP contribution < -0.4 is 10.9 Å². The molecule has 2 heterocycles. The largest absolute Gasteiger partial charge is 0.341 e. The standard InChI is InChI=1S/C24H19Cl2N3OS/c25-16-8-4-13(5-9-16)12-15-2-1-3-18-19(14-6-10-17(26)11-7-14)20-22(27-21(15)18)28-24(31)29-23(20)30/h4-12,19H,1-3H2,(H3,27,28,29,30,31)/b15-12+. The molecule has 1 aromatic heterocycles. The highest BCUT2D eigenvalue weighted by molar-refractivity contribution is 7.71. The number of halogens is 2. The van der Waals surface area contributed by atoms with E-state index in [1.165, 1.54) is 11.1 Å². The van der Waals surface area contributed by atoms with Gasteiger partial charge in [-0.25, -0.2) is 0 Å². The number of fused-ring (bicyclic) bond motifs is 1. The monoisotopic (exact) mass is 467 g/mol. The molecule has 2 aliphatic rings. The molecule has 0 bridgehead atoms. The average molecular weight is 468 g/mol. The third-order valence-electron chi connectivity index (χ3n) is 5.82. The Morgan fingerprint density at radius 3 is 2.32 bits per heavy atom. The number of allylic oxidation sites excluding steroid dienone is 2. The zero-order chi connectivity index (χ0) is 21.5. The van der Waals surface area contributed by atoms with Crippen LogP contribution in [0.5, 0.6) is 0 Å². The highest BCUT2D eigenvalue weighted by Crippen LogP contribution is 2.46. The Labute approximate surface area is 194 Å². The first-order valence-corrected chi connectivity index (χ1v) is 11.2. The third kappa shape index (κ3) is 3.89. The van der Waals surface area contributed by atoms with Crippen LogP contribution in [0.4, 0.5) is 5.82 Å². The van der Waals surface area contributed by atoms with E-state index in [4.69, 9.17) is 35.4 Å². The van der Waals surface area contributed by atoms with E-state index in [9.17, 15) is 4.79 Å². The second-order valence-electron chi connectivity index (χ2n) is 7.78. The van der Waals surface area contributed by atoms with Gasteiger partial charge in [0.2, 0.25) is 0 Å². The molecular formula is C24H19Cl2N3OS. The third-order valence-corrected chi connectivity index (χ3v) is 6.52. The second kappa shape index (κ2) is 8.15. The summed E-state index contributed by atoms with van der Waals surface area (Å²) in [5.74, 6) is 0.476. The molecule has 0 amide bonds. The highest BCUT2D eigenvalue weighted by Gasteiger charge is 2.34. The molecule has 0 saturated heterocycles. The lowest BCUT2D eigenvalue weighted by Gasteiger charge is -2.35. The van der Waals surface area contributed by atoms with Gasteiger partial charge in [0.05, 0.1) is 5.56 Å². The van der Waals surface area contributed by atoms with Gasteiger partial charge in [-0.1, -0.05) is 47.5 Å². The summed E-state index contributed by atoms with van der Waals surface area (Å²) < 4.78 is 0.300. The van der Waals surface area contributed by atoms with E-state index in [1.54, 1.807) is 0 Å². The molecule has 1 unspecified atom stereocenters. The van der Waals surface area contributed by atoms with Crippen molar-refractivity contribution >= 4 is 47.3 Å². The number of hydrogen-bond acceptors (Lipinski definition) is 3. The van der Waals surface area contributed by atoms with E-state index >= 15 is 0 Å². The molecule has 31 heavy (non-hydrogen) atoms. The van der Waals surface area contributed by atoms with Crippen LogP contribution in [0.1, 0.15) is 41.9 Å². The molecule has 0 radical (unpaired) electrons. The quantitative estimate of drug-likeness (QED) is 0.362. The predicted octanol–water partition coefficient (Wildman–Crippen LogP) is 6.82. The normalized spacial score (nSPS) is 19.0. The van der Waals surface area contributed by atoms with Crippen LogP contribution in [0.3, 0.4) is 0 Å². The van der Waals surface area contributed by atoms with E-state index < -0.39 is 0 Å².